The summed E-state index contributed by atoms with van der Waals surface area (Å²) in [6.07, 6.45) is 0.115. The zero-order valence-corrected chi connectivity index (χ0v) is 13.3. The maximum absolute atomic E-state index is 13.8. The Morgan fingerprint density at radius 2 is 2.05 bits per heavy atom. The lowest BCUT2D eigenvalue weighted by atomic mass is 10.1. The molecule has 8 heteroatoms. The van der Waals surface area contributed by atoms with E-state index in [1.807, 2.05) is 4.72 Å². The lowest BCUT2D eigenvalue weighted by Gasteiger charge is -2.17. The Hall–Kier alpha value is -0.990. The molecule has 5 nitrogen and oxygen atoms in total. The number of carboxylic acid groups (broad SMARTS) is 1. The number of sulfonamides is 1. The quantitative estimate of drug-likeness (QED) is 0.808. The molecule has 0 aliphatic carbocycles. The summed E-state index contributed by atoms with van der Waals surface area (Å²) in [6, 6.07) is 2.51. The van der Waals surface area contributed by atoms with E-state index in [0.717, 1.165) is 6.07 Å². The fourth-order valence-corrected chi connectivity index (χ4v) is 3.41. The van der Waals surface area contributed by atoms with Crippen LogP contribution in [0.5, 0.6) is 0 Å². The van der Waals surface area contributed by atoms with Gasteiger partial charge in [0, 0.05) is 0 Å². The van der Waals surface area contributed by atoms with E-state index in [1.165, 1.54) is 12.1 Å². The van der Waals surface area contributed by atoms with Gasteiger partial charge in [-0.25, -0.2) is 12.8 Å². The minimum absolute atomic E-state index is 0.00360. The molecule has 1 atom stereocenters. The molecule has 0 radical (unpaired) electrons. The number of rotatable bonds is 6. The Morgan fingerprint density at radius 1 is 1.45 bits per heavy atom. The van der Waals surface area contributed by atoms with E-state index in [9.17, 15) is 17.6 Å². The predicted molar refractivity (Wildman–Crippen MR) is 75.3 cm³/mol. The number of aliphatic carboxylic acids is 1. The predicted octanol–water partition coefficient (Wildman–Crippen LogP) is 2.37. The average Bonchev–Trinajstić information content (AvgIpc) is 2.30. The summed E-state index contributed by atoms with van der Waals surface area (Å²) >= 11 is 2.89. The second kappa shape index (κ2) is 6.64. The molecule has 0 saturated heterocycles. The van der Waals surface area contributed by atoms with Crippen LogP contribution < -0.4 is 4.72 Å². The molecule has 0 unspecified atom stereocenters. The molecule has 112 valence electrons. The summed E-state index contributed by atoms with van der Waals surface area (Å²) < 4.78 is 39.9. The second-order valence-electron chi connectivity index (χ2n) is 4.69. The largest absolute Gasteiger partial charge is 0.480 e. The standard InChI is InChI=1S/C12H15BrFNO4S/c1-7(2)6-9(12(16)17)15-20(18,19)10-5-3-4-8(13)11(10)14/h3-5,7,9,15H,6H2,1-2H3,(H,16,17)/t9-/m1/s1. The van der Waals surface area contributed by atoms with Gasteiger partial charge in [0.15, 0.2) is 5.82 Å². The van der Waals surface area contributed by atoms with E-state index in [1.54, 1.807) is 13.8 Å². The lowest BCUT2D eigenvalue weighted by Crippen LogP contribution is -2.41. The van der Waals surface area contributed by atoms with E-state index in [2.05, 4.69) is 15.9 Å². The molecule has 0 amide bonds. The second-order valence-corrected chi connectivity index (χ2v) is 7.23. The zero-order chi connectivity index (χ0) is 15.5. The summed E-state index contributed by atoms with van der Waals surface area (Å²) in [4.78, 5) is 10.5. The zero-order valence-electron chi connectivity index (χ0n) is 10.9. The number of nitrogens with one attached hydrogen (secondary N) is 1. The molecule has 1 rings (SSSR count). The third-order valence-electron chi connectivity index (χ3n) is 2.51. The van der Waals surface area contributed by atoms with Gasteiger partial charge in [-0.15, -0.1) is 0 Å². The van der Waals surface area contributed by atoms with Crippen molar-refractivity contribution >= 4 is 31.9 Å². The molecule has 1 aromatic rings. The van der Waals surface area contributed by atoms with Crippen LogP contribution in [0, 0.1) is 11.7 Å². The van der Waals surface area contributed by atoms with Crippen molar-refractivity contribution in [1.82, 2.24) is 4.72 Å². The molecule has 20 heavy (non-hydrogen) atoms. The van der Waals surface area contributed by atoms with Gasteiger partial charge in [0.25, 0.3) is 0 Å². The smallest absolute Gasteiger partial charge is 0.321 e. The van der Waals surface area contributed by atoms with Crippen molar-refractivity contribution in [2.24, 2.45) is 5.92 Å². The van der Waals surface area contributed by atoms with Crippen LogP contribution in [0.2, 0.25) is 0 Å². The van der Waals surface area contributed by atoms with Gasteiger partial charge in [0.05, 0.1) is 4.47 Å². The van der Waals surface area contributed by atoms with E-state index in [0.29, 0.717) is 0 Å². The number of carboxylic acids is 1. The highest BCUT2D eigenvalue weighted by Gasteiger charge is 2.28. The lowest BCUT2D eigenvalue weighted by molar-refractivity contribution is -0.139. The van der Waals surface area contributed by atoms with Crippen LogP contribution in [0.4, 0.5) is 4.39 Å². The van der Waals surface area contributed by atoms with Crippen molar-refractivity contribution in [2.45, 2.75) is 31.2 Å². The normalized spacial score (nSPS) is 13.4. The van der Waals surface area contributed by atoms with Gasteiger partial charge in [0.1, 0.15) is 10.9 Å². The molecule has 0 aromatic heterocycles. The first-order chi connectivity index (χ1) is 9.15. The van der Waals surface area contributed by atoms with Crippen molar-refractivity contribution < 1.29 is 22.7 Å². The Balaban J connectivity index is 3.10. The molecule has 0 saturated carbocycles. The van der Waals surface area contributed by atoms with Crippen LogP contribution in [0.3, 0.4) is 0 Å². The molecule has 0 heterocycles. The summed E-state index contributed by atoms with van der Waals surface area (Å²) in [7, 11) is -4.24. The first-order valence-corrected chi connectivity index (χ1v) is 8.12. The van der Waals surface area contributed by atoms with Crippen LogP contribution in [-0.2, 0) is 14.8 Å². The Labute approximate surface area is 125 Å². The molecule has 0 spiro atoms. The minimum Gasteiger partial charge on any atom is -0.480 e. The number of benzene rings is 1. The third kappa shape index (κ3) is 4.26. The number of carbonyl (C=O) groups is 1. The topological polar surface area (TPSA) is 83.5 Å². The van der Waals surface area contributed by atoms with Crippen LogP contribution in [0.1, 0.15) is 20.3 Å². The van der Waals surface area contributed by atoms with Crippen LogP contribution in [0.15, 0.2) is 27.6 Å². The van der Waals surface area contributed by atoms with Crippen LogP contribution >= 0.6 is 15.9 Å². The van der Waals surface area contributed by atoms with Crippen LogP contribution in [-0.4, -0.2) is 25.5 Å². The molecule has 0 bridgehead atoms. The van der Waals surface area contributed by atoms with E-state index in [-0.39, 0.29) is 16.8 Å². The van der Waals surface area contributed by atoms with Gasteiger partial charge >= 0.3 is 5.97 Å². The van der Waals surface area contributed by atoms with Gasteiger partial charge in [0.2, 0.25) is 10.0 Å². The van der Waals surface area contributed by atoms with Gasteiger partial charge < -0.3 is 5.11 Å². The Kier molecular flexibility index (Phi) is 5.67. The van der Waals surface area contributed by atoms with Gasteiger partial charge in [-0.1, -0.05) is 19.9 Å². The van der Waals surface area contributed by atoms with Crippen molar-refractivity contribution in [3.63, 3.8) is 0 Å². The molecule has 0 aliphatic rings. The maximum atomic E-state index is 13.8. The molecule has 2 N–H and O–H groups in total. The SMILES string of the molecule is CC(C)C[C@@H](NS(=O)(=O)c1cccc(Br)c1F)C(=O)O. The molecular formula is C12H15BrFNO4S. The van der Waals surface area contributed by atoms with E-state index >= 15 is 0 Å². The first-order valence-electron chi connectivity index (χ1n) is 5.84. The summed E-state index contributed by atoms with van der Waals surface area (Å²) in [5.74, 6) is -2.27. The third-order valence-corrected chi connectivity index (χ3v) is 4.61. The minimum atomic E-state index is -4.24. The average molecular weight is 368 g/mol. The highest BCUT2D eigenvalue weighted by Crippen LogP contribution is 2.22. The van der Waals surface area contributed by atoms with Gasteiger partial charge in [-0.05, 0) is 40.4 Å². The number of hydrogen-bond donors (Lipinski definition) is 2. The van der Waals surface area contributed by atoms with E-state index < -0.39 is 32.7 Å². The van der Waals surface area contributed by atoms with E-state index in [4.69, 9.17) is 5.11 Å². The van der Waals surface area contributed by atoms with Crippen LogP contribution in [0.25, 0.3) is 0 Å². The van der Waals surface area contributed by atoms with Gasteiger partial charge in [-0.2, -0.15) is 4.72 Å². The van der Waals surface area contributed by atoms with Crippen molar-refractivity contribution in [2.75, 3.05) is 0 Å². The summed E-state index contributed by atoms with van der Waals surface area (Å²) in [6.45, 7) is 3.54. The summed E-state index contributed by atoms with van der Waals surface area (Å²) in [5.41, 5.74) is 0. The Bertz CT molecular complexity index is 603. The highest BCUT2D eigenvalue weighted by atomic mass is 79.9. The fraction of sp³-hybridized carbons (Fsp3) is 0.417. The monoisotopic (exact) mass is 367 g/mol. The molecule has 0 aliphatic heterocycles. The summed E-state index contributed by atoms with van der Waals surface area (Å²) in [5, 5.41) is 9.03. The highest BCUT2D eigenvalue weighted by molar-refractivity contribution is 9.10. The molecular weight excluding hydrogens is 353 g/mol. The number of hydrogen-bond acceptors (Lipinski definition) is 3. The van der Waals surface area contributed by atoms with Crippen molar-refractivity contribution in [1.29, 1.82) is 0 Å². The number of halogens is 2. The Morgan fingerprint density at radius 3 is 2.55 bits per heavy atom. The molecule has 1 aromatic carbocycles. The van der Waals surface area contributed by atoms with Gasteiger partial charge in [-0.3, -0.25) is 4.79 Å². The fourth-order valence-electron chi connectivity index (χ4n) is 1.61. The van der Waals surface area contributed by atoms with Crippen molar-refractivity contribution in [3.05, 3.63) is 28.5 Å². The molecule has 0 fully saturated rings. The maximum Gasteiger partial charge on any atom is 0.321 e. The first kappa shape index (κ1) is 17.1. The van der Waals surface area contributed by atoms with Crippen molar-refractivity contribution in [3.8, 4) is 0 Å².